The van der Waals surface area contributed by atoms with Crippen molar-refractivity contribution in [2.24, 2.45) is 0 Å². The molecule has 2 aromatic carbocycles. The number of methoxy groups -OCH3 is 2. The van der Waals surface area contributed by atoms with Gasteiger partial charge in [-0.05, 0) is 48.2 Å². The van der Waals surface area contributed by atoms with Gasteiger partial charge >= 0.3 is 0 Å². The third-order valence-electron chi connectivity index (χ3n) is 5.48. The van der Waals surface area contributed by atoms with Gasteiger partial charge in [0, 0.05) is 18.6 Å². The molecular formula is C22H26ClNO3. The highest BCUT2D eigenvalue weighted by atomic mass is 35.5. The first-order chi connectivity index (χ1) is 13.0. The van der Waals surface area contributed by atoms with Crippen molar-refractivity contribution < 1.29 is 14.3 Å². The van der Waals surface area contributed by atoms with Crippen LogP contribution in [0.1, 0.15) is 36.8 Å². The molecule has 1 saturated carbocycles. The van der Waals surface area contributed by atoms with E-state index in [1.165, 1.54) is 0 Å². The summed E-state index contributed by atoms with van der Waals surface area (Å²) in [6.07, 6.45) is 3.89. The fraction of sp³-hybridized carbons (Fsp3) is 0.409. The quantitative estimate of drug-likeness (QED) is 0.712. The van der Waals surface area contributed by atoms with Crippen LogP contribution in [0.25, 0.3) is 0 Å². The van der Waals surface area contributed by atoms with E-state index in [2.05, 4.69) is 0 Å². The highest BCUT2D eigenvalue weighted by Gasteiger charge is 2.44. The summed E-state index contributed by atoms with van der Waals surface area (Å²) in [7, 11) is 5.10. The molecule has 0 atom stereocenters. The van der Waals surface area contributed by atoms with Crippen molar-refractivity contribution >= 4 is 17.5 Å². The number of hydrogen-bond acceptors (Lipinski definition) is 3. The minimum absolute atomic E-state index is 0.164. The van der Waals surface area contributed by atoms with Crippen LogP contribution in [0, 0.1) is 0 Å². The molecule has 0 aliphatic heterocycles. The summed E-state index contributed by atoms with van der Waals surface area (Å²) in [6.45, 7) is 0.522. The van der Waals surface area contributed by atoms with Gasteiger partial charge in [-0.25, -0.2) is 0 Å². The Kier molecular flexibility index (Phi) is 5.95. The van der Waals surface area contributed by atoms with Gasteiger partial charge in [0.1, 0.15) is 0 Å². The van der Waals surface area contributed by atoms with Crippen LogP contribution in [0.5, 0.6) is 11.5 Å². The van der Waals surface area contributed by atoms with E-state index in [9.17, 15) is 4.79 Å². The lowest BCUT2D eigenvalue weighted by atomic mass is 9.77. The molecule has 0 aromatic heterocycles. The molecule has 0 spiro atoms. The van der Waals surface area contributed by atoms with Gasteiger partial charge in [-0.1, -0.05) is 42.6 Å². The number of halogens is 1. The smallest absolute Gasteiger partial charge is 0.233 e. The average molecular weight is 388 g/mol. The number of nitrogens with zero attached hydrogens (tertiary/aromatic N) is 1. The van der Waals surface area contributed by atoms with E-state index in [0.717, 1.165) is 36.8 Å². The zero-order valence-electron chi connectivity index (χ0n) is 16.1. The molecule has 144 valence electrons. The molecule has 1 aliphatic rings. The van der Waals surface area contributed by atoms with Crippen LogP contribution in [-0.4, -0.2) is 32.1 Å². The van der Waals surface area contributed by atoms with Gasteiger partial charge in [-0.15, -0.1) is 0 Å². The molecule has 0 unspecified atom stereocenters. The van der Waals surface area contributed by atoms with Crippen LogP contribution in [0.2, 0.25) is 5.02 Å². The van der Waals surface area contributed by atoms with Crippen molar-refractivity contribution in [3.8, 4) is 11.5 Å². The first-order valence-corrected chi connectivity index (χ1v) is 9.60. The Labute approximate surface area is 166 Å². The van der Waals surface area contributed by atoms with E-state index in [-0.39, 0.29) is 5.91 Å². The minimum atomic E-state index is -0.449. The molecule has 2 aromatic rings. The Hall–Kier alpha value is -2.20. The monoisotopic (exact) mass is 387 g/mol. The van der Waals surface area contributed by atoms with E-state index in [4.69, 9.17) is 21.1 Å². The molecule has 1 aliphatic carbocycles. The predicted molar refractivity (Wildman–Crippen MR) is 108 cm³/mol. The summed E-state index contributed by atoms with van der Waals surface area (Å²) in [5.74, 6) is 1.52. The highest BCUT2D eigenvalue weighted by molar-refractivity contribution is 6.30. The number of carbonyl (C=O) groups is 1. The van der Waals surface area contributed by atoms with Crippen molar-refractivity contribution in [2.45, 2.75) is 37.6 Å². The lowest BCUT2D eigenvalue weighted by molar-refractivity contribution is -0.136. The Balaban J connectivity index is 1.83. The largest absolute Gasteiger partial charge is 0.493 e. The van der Waals surface area contributed by atoms with E-state index < -0.39 is 5.41 Å². The summed E-state index contributed by atoms with van der Waals surface area (Å²) < 4.78 is 10.7. The predicted octanol–water partition coefficient (Wildman–Crippen LogP) is 4.83. The van der Waals surface area contributed by atoms with Crippen LogP contribution >= 0.6 is 11.6 Å². The van der Waals surface area contributed by atoms with Gasteiger partial charge < -0.3 is 14.4 Å². The summed E-state index contributed by atoms with van der Waals surface area (Å²) in [5.41, 5.74) is 1.62. The molecule has 0 heterocycles. The average Bonchev–Trinajstić information content (AvgIpc) is 3.18. The zero-order chi connectivity index (χ0) is 19.4. The number of carbonyl (C=O) groups excluding carboxylic acids is 1. The molecule has 4 nitrogen and oxygen atoms in total. The summed E-state index contributed by atoms with van der Waals surface area (Å²) in [5, 5.41) is 0.693. The van der Waals surface area contributed by atoms with E-state index >= 15 is 0 Å². The van der Waals surface area contributed by atoms with Crippen LogP contribution in [0.15, 0.2) is 42.5 Å². The molecule has 0 N–H and O–H groups in total. The van der Waals surface area contributed by atoms with E-state index in [1.54, 1.807) is 14.2 Å². The maximum atomic E-state index is 13.5. The Morgan fingerprint density at radius 2 is 1.67 bits per heavy atom. The molecule has 1 amide bonds. The molecule has 0 radical (unpaired) electrons. The third kappa shape index (κ3) is 3.91. The Morgan fingerprint density at radius 1 is 1.04 bits per heavy atom. The molecule has 5 heteroatoms. The Bertz CT molecular complexity index is 798. The summed E-state index contributed by atoms with van der Waals surface area (Å²) >= 11 is 6.05. The van der Waals surface area contributed by atoms with E-state index in [1.807, 2.05) is 54.4 Å². The second-order valence-electron chi connectivity index (χ2n) is 7.15. The molecule has 0 bridgehead atoms. The van der Waals surface area contributed by atoms with Crippen molar-refractivity contribution in [2.75, 3.05) is 21.3 Å². The second-order valence-corrected chi connectivity index (χ2v) is 7.58. The number of likely N-dealkylation sites (N-methyl/N-ethyl adjacent to an activating group) is 1. The van der Waals surface area contributed by atoms with Crippen molar-refractivity contribution in [1.29, 1.82) is 0 Å². The minimum Gasteiger partial charge on any atom is -0.493 e. The van der Waals surface area contributed by atoms with Crippen LogP contribution < -0.4 is 9.47 Å². The first-order valence-electron chi connectivity index (χ1n) is 9.22. The maximum absolute atomic E-state index is 13.5. The molecule has 0 saturated heterocycles. The SMILES string of the molecule is COc1ccc(CN(C)C(=O)C2(c3ccc(Cl)cc3)CCCC2)cc1OC. The number of hydrogen-bond donors (Lipinski definition) is 0. The van der Waals surface area contributed by atoms with Crippen LogP contribution in [0.4, 0.5) is 0 Å². The lowest BCUT2D eigenvalue weighted by Gasteiger charge is -2.33. The first kappa shape index (κ1) is 19.6. The van der Waals surface area contributed by atoms with E-state index in [0.29, 0.717) is 23.1 Å². The standard InChI is InChI=1S/C22H26ClNO3/c1-24(15-16-6-11-19(26-2)20(14-16)27-3)21(25)22(12-4-5-13-22)17-7-9-18(23)10-8-17/h6-11,14H,4-5,12-13,15H2,1-3H3. The van der Waals surface area contributed by atoms with Crippen molar-refractivity contribution in [1.82, 2.24) is 4.90 Å². The highest BCUT2D eigenvalue weighted by Crippen LogP contribution is 2.43. The number of ether oxygens (including phenoxy) is 2. The van der Waals surface area contributed by atoms with Gasteiger partial charge in [0.15, 0.2) is 11.5 Å². The Morgan fingerprint density at radius 3 is 2.26 bits per heavy atom. The fourth-order valence-electron chi connectivity index (χ4n) is 4.06. The lowest BCUT2D eigenvalue weighted by Crippen LogP contribution is -2.43. The van der Waals surface area contributed by atoms with Gasteiger partial charge in [0.2, 0.25) is 5.91 Å². The zero-order valence-corrected chi connectivity index (χ0v) is 16.9. The molecule has 27 heavy (non-hydrogen) atoms. The summed E-state index contributed by atoms with van der Waals surface area (Å²) in [4.78, 5) is 15.3. The number of rotatable bonds is 6. The second kappa shape index (κ2) is 8.22. The number of benzene rings is 2. The summed E-state index contributed by atoms with van der Waals surface area (Å²) in [6, 6.07) is 13.5. The van der Waals surface area contributed by atoms with Gasteiger partial charge in [0.25, 0.3) is 0 Å². The molecule has 3 rings (SSSR count). The van der Waals surface area contributed by atoms with Gasteiger partial charge in [-0.3, -0.25) is 4.79 Å². The van der Waals surface area contributed by atoms with Gasteiger partial charge in [0.05, 0.1) is 19.6 Å². The van der Waals surface area contributed by atoms with Crippen molar-refractivity contribution in [3.63, 3.8) is 0 Å². The van der Waals surface area contributed by atoms with Crippen LogP contribution in [-0.2, 0) is 16.8 Å². The van der Waals surface area contributed by atoms with Crippen LogP contribution in [0.3, 0.4) is 0 Å². The molecular weight excluding hydrogens is 362 g/mol. The fourth-order valence-corrected chi connectivity index (χ4v) is 4.19. The number of amides is 1. The van der Waals surface area contributed by atoms with Crippen molar-refractivity contribution in [3.05, 3.63) is 58.6 Å². The maximum Gasteiger partial charge on any atom is 0.233 e. The topological polar surface area (TPSA) is 38.8 Å². The normalized spacial score (nSPS) is 15.4. The third-order valence-corrected chi connectivity index (χ3v) is 5.73. The van der Waals surface area contributed by atoms with Gasteiger partial charge in [-0.2, -0.15) is 0 Å². The molecule has 1 fully saturated rings.